The Balaban J connectivity index is 0.000000396. The van der Waals surface area contributed by atoms with E-state index in [1.807, 2.05) is 34.0 Å². The number of aromatic nitrogens is 4. The molecular formula is C53H102BBrN6O10Si4. The number of halogens is 1. The maximum atomic E-state index is 13.1. The highest BCUT2D eigenvalue weighted by atomic mass is 79.9. The van der Waals surface area contributed by atoms with Crippen LogP contribution in [0.25, 0.3) is 6.08 Å². The number of anilines is 2. The van der Waals surface area contributed by atoms with Crippen LogP contribution in [0.15, 0.2) is 44.7 Å². The zero-order chi connectivity index (χ0) is 56.0. The molecule has 430 valence electrons. The molecule has 3 saturated heterocycles. The predicted molar refractivity (Wildman–Crippen MR) is 326 cm³/mol. The maximum absolute atomic E-state index is 13.1. The van der Waals surface area contributed by atoms with Crippen LogP contribution in [0.2, 0.25) is 87.6 Å². The van der Waals surface area contributed by atoms with E-state index in [0.717, 1.165) is 17.8 Å². The highest BCUT2D eigenvalue weighted by Crippen LogP contribution is 2.38. The summed E-state index contributed by atoms with van der Waals surface area (Å²) in [5.41, 5.74) is -0.0451. The molecule has 22 heteroatoms. The van der Waals surface area contributed by atoms with E-state index < -0.39 is 32.8 Å². The van der Waals surface area contributed by atoms with Crippen molar-refractivity contribution in [2.75, 3.05) is 88.8 Å². The van der Waals surface area contributed by atoms with Crippen molar-refractivity contribution in [3.05, 3.63) is 61.5 Å². The van der Waals surface area contributed by atoms with E-state index in [2.05, 4.69) is 161 Å². The predicted octanol–water partition coefficient (Wildman–Crippen LogP) is 11.4. The Morgan fingerprint density at radius 1 is 0.640 bits per heavy atom. The molecular weight excluding hydrogens is 1080 g/mol. The Labute approximate surface area is 466 Å². The molecule has 0 radical (unpaired) electrons. The minimum Gasteiger partial charge on any atom is -0.413 e. The van der Waals surface area contributed by atoms with Gasteiger partial charge < -0.3 is 46.9 Å². The molecule has 75 heavy (non-hydrogen) atoms. The monoisotopic (exact) mass is 1180 g/mol. The van der Waals surface area contributed by atoms with Crippen molar-refractivity contribution in [2.45, 2.75) is 189 Å². The van der Waals surface area contributed by atoms with Crippen molar-refractivity contribution in [2.24, 2.45) is 0 Å². The zero-order valence-electron chi connectivity index (χ0n) is 49.5. The maximum Gasteiger partial charge on any atom is 0.486 e. The summed E-state index contributed by atoms with van der Waals surface area (Å²) >= 11 is 3.38. The number of hydrogen-bond acceptors (Lipinski definition) is 14. The standard InChI is InChI=1S/C23H43N3O4Si2.C15H31BO3Si.C14H24BrN3O3Si.CH4/c1-23(2,3)32(7,8)30-13-9-10-20-18-26(19-29-16-17-31(4,5)6)22(27)21(24-20)25-11-14-28-15-12-25;1-13(2,3)20(8,9)17-12-10-11-16-18-14(4,5)15(6,7)19-16;1-22(2,3)9-8-21-11-18-10-12(15)16-13(14(18)19)17-4-6-20-7-5-17;/h9-10,18H,11-17,19H2,1-8H3;10-11H,12H2,1-9H3;10H,4-9,11H2,1-3H3;1H4/b10-9+;11-10+;;. The van der Waals surface area contributed by atoms with Gasteiger partial charge in [0.15, 0.2) is 28.3 Å². The van der Waals surface area contributed by atoms with Crippen LogP contribution in [0.1, 0.15) is 82.4 Å². The SMILES string of the molecule is C.CC(C)(C)[Si](C)(C)OC/C=C/c1cn(COCC[Si](C)(C)C)c(=O)c(N2CCOCC2)n1.CC1(C)OB(/C=C/CO[Si](C)(C)C(C)(C)C)OC1(C)C.C[Si](C)(C)CCOCn1cc(Br)nc(N2CCOCC2)c1=O. The van der Waals surface area contributed by atoms with E-state index >= 15 is 0 Å². The van der Waals surface area contributed by atoms with E-state index in [4.69, 9.17) is 37.1 Å². The average Bonchev–Trinajstić information content (AvgIpc) is 3.49. The van der Waals surface area contributed by atoms with Crippen LogP contribution >= 0.6 is 15.9 Å². The molecule has 0 N–H and O–H groups in total. The summed E-state index contributed by atoms with van der Waals surface area (Å²) in [6, 6.07) is 2.16. The second-order valence-electron chi connectivity index (χ2n) is 25.9. The van der Waals surface area contributed by atoms with Gasteiger partial charge in [-0.3, -0.25) is 18.7 Å². The lowest BCUT2D eigenvalue weighted by atomic mass is 9.90. The molecule has 2 aromatic rings. The average molecular weight is 1190 g/mol. The van der Waals surface area contributed by atoms with Crippen molar-refractivity contribution < 1.29 is 37.1 Å². The fourth-order valence-electron chi connectivity index (χ4n) is 6.60. The summed E-state index contributed by atoms with van der Waals surface area (Å²) < 4.78 is 50.3. The van der Waals surface area contributed by atoms with Crippen LogP contribution in [0, 0.1) is 0 Å². The number of rotatable bonds is 20. The number of nitrogens with zero attached hydrogens (tertiary/aromatic N) is 6. The lowest BCUT2D eigenvalue weighted by molar-refractivity contribution is 0.00578. The van der Waals surface area contributed by atoms with Gasteiger partial charge in [-0.15, -0.1) is 0 Å². The number of hydrogen-bond donors (Lipinski definition) is 0. The third-order valence-corrected chi connectivity index (χ3v) is 27.3. The zero-order valence-corrected chi connectivity index (χ0v) is 55.1. The van der Waals surface area contributed by atoms with Gasteiger partial charge in [0.05, 0.1) is 56.5 Å². The first kappa shape index (κ1) is 69.0. The van der Waals surface area contributed by atoms with Gasteiger partial charge >= 0.3 is 7.12 Å². The van der Waals surface area contributed by atoms with Crippen LogP contribution < -0.4 is 20.9 Å². The number of ether oxygens (including phenoxy) is 4. The molecule has 0 saturated carbocycles. The normalized spacial score (nSPS) is 17.7. The third-order valence-electron chi connectivity index (χ3n) is 14.5. The molecule has 0 unspecified atom stereocenters. The van der Waals surface area contributed by atoms with E-state index in [-0.39, 0.29) is 60.4 Å². The summed E-state index contributed by atoms with van der Waals surface area (Å²) in [4.78, 5) is 38.6. The van der Waals surface area contributed by atoms with Gasteiger partial charge in [-0.05, 0) is 98.1 Å². The van der Waals surface area contributed by atoms with E-state index in [1.54, 1.807) is 21.5 Å². The molecule has 3 fully saturated rings. The molecule has 2 aromatic heterocycles. The lowest BCUT2D eigenvalue weighted by Crippen LogP contribution is -2.41. The van der Waals surface area contributed by atoms with E-state index in [1.165, 1.54) is 0 Å². The number of morpholine rings is 2. The van der Waals surface area contributed by atoms with Crippen LogP contribution in [0.5, 0.6) is 0 Å². The van der Waals surface area contributed by atoms with Crippen molar-refractivity contribution in [3.63, 3.8) is 0 Å². The van der Waals surface area contributed by atoms with Gasteiger partial charge in [-0.1, -0.05) is 106 Å². The van der Waals surface area contributed by atoms with Crippen LogP contribution in [0.3, 0.4) is 0 Å². The van der Waals surface area contributed by atoms with Gasteiger partial charge in [0.25, 0.3) is 11.1 Å². The van der Waals surface area contributed by atoms with Crippen molar-refractivity contribution in [1.29, 1.82) is 0 Å². The van der Waals surface area contributed by atoms with Crippen molar-refractivity contribution >= 4 is 73.5 Å². The molecule has 3 aliphatic heterocycles. The first-order valence-electron chi connectivity index (χ1n) is 26.6. The van der Waals surface area contributed by atoms with Gasteiger partial charge in [0.1, 0.15) is 18.1 Å². The van der Waals surface area contributed by atoms with E-state index in [0.29, 0.717) is 95.3 Å². The first-order valence-corrected chi connectivity index (χ1v) is 40.6. The Bertz CT molecular complexity index is 2210. The molecule has 0 spiro atoms. The highest BCUT2D eigenvalue weighted by Gasteiger charge is 2.50. The molecule has 5 heterocycles. The Kier molecular flexibility index (Phi) is 27.1. The van der Waals surface area contributed by atoms with Crippen molar-refractivity contribution in [1.82, 2.24) is 19.1 Å². The second-order valence-corrected chi connectivity index (χ2v) is 47.6. The minimum absolute atomic E-state index is 0. The smallest absolute Gasteiger partial charge is 0.413 e. The van der Waals surface area contributed by atoms with Crippen LogP contribution in [-0.2, 0) is 50.6 Å². The summed E-state index contributed by atoms with van der Waals surface area (Å²) in [5.74, 6) is 2.89. The summed E-state index contributed by atoms with van der Waals surface area (Å²) in [7, 11) is -6.04. The molecule has 0 aliphatic carbocycles. The lowest BCUT2D eigenvalue weighted by Gasteiger charge is -2.35. The summed E-state index contributed by atoms with van der Waals surface area (Å²) in [5, 5.41) is 0.411. The molecule has 0 aromatic carbocycles. The molecule has 5 rings (SSSR count). The fraction of sp³-hybridized carbons (Fsp3) is 0.774. The van der Waals surface area contributed by atoms with Gasteiger partial charge in [0.2, 0.25) is 0 Å². The van der Waals surface area contributed by atoms with Gasteiger partial charge in [-0.25, -0.2) is 9.97 Å². The molecule has 0 amide bonds. The molecule has 3 aliphatic rings. The second kappa shape index (κ2) is 29.4. The quantitative estimate of drug-likeness (QED) is 0.0914. The molecule has 16 nitrogen and oxygen atoms in total. The first-order chi connectivity index (χ1) is 34.0. The Morgan fingerprint density at radius 2 is 1.03 bits per heavy atom. The topological polar surface area (TPSA) is 150 Å². The largest absolute Gasteiger partial charge is 0.486 e. The van der Waals surface area contributed by atoms with Crippen molar-refractivity contribution in [3.8, 4) is 0 Å². The van der Waals surface area contributed by atoms with E-state index in [9.17, 15) is 9.59 Å². The Morgan fingerprint density at radius 3 is 1.43 bits per heavy atom. The highest BCUT2D eigenvalue weighted by molar-refractivity contribution is 9.10. The summed E-state index contributed by atoms with van der Waals surface area (Å²) in [6.07, 6.45) is 9.41. The van der Waals surface area contributed by atoms with Crippen LogP contribution in [-0.4, -0.2) is 149 Å². The molecule has 0 atom stereocenters. The third kappa shape index (κ3) is 23.3. The van der Waals surface area contributed by atoms with Gasteiger partial charge in [-0.2, -0.15) is 0 Å². The fourth-order valence-corrected chi connectivity index (χ4v) is 10.4. The van der Waals surface area contributed by atoms with Gasteiger partial charge in [0, 0.05) is 67.9 Å². The molecule has 0 bridgehead atoms. The van der Waals surface area contributed by atoms with Crippen LogP contribution in [0.4, 0.5) is 11.6 Å². The Hall–Kier alpha value is -2.07. The summed E-state index contributed by atoms with van der Waals surface area (Å²) in [6.45, 7) is 52.8. The minimum atomic E-state index is -1.80.